The number of carbonyl (C=O) groups excluding carboxylic acids is 2. The van der Waals surface area contributed by atoms with E-state index in [0.717, 1.165) is 5.56 Å². The third-order valence-corrected chi connectivity index (χ3v) is 5.21. The predicted octanol–water partition coefficient (Wildman–Crippen LogP) is 4.40. The van der Waals surface area contributed by atoms with Gasteiger partial charge in [-0.3, -0.25) is 4.79 Å². The second kappa shape index (κ2) is 8.71. The first-order valence-electron chi connectivity index (χ1n) is 8.53. The standard InChI is InChI=1S/C19H19BrClN3O3/c1-12-17(15(20)9-16(21)22-12)23-18(25)14-7-8-24(10-14)19(26)27-11-13-5-3-2-4-6-13/h2-6,9,14H,7-8,10-11H2,1H3,(H,23,25)/t14-/m0/s1. The van der Waals surface area contributed by atoms with Crippen LogP contribution in [0, 0.1) is 12.8 Å². The molecule has 2 heterocycles. The number of hydrogen-bond donors (Lipinski definition) is 1. The number of hydrogen-bond acceptors (Lipinski definition) is 4. The van der Waals surface area contributed by atoms with Gasteiger partial charge in [0.2, 0.25) is 5.91 Å². The molecule has 1 aliphatic rings. The number of nitrogens with zero attached hydrogens (tertiary/aromatic N) is 2. The molecule has 1 saturated heterocycles. The van der Waals surface area contributed by atoms with E-state index in [4.69, 9.17) is 16.3 Å². The lowest BCUT2D eigenvalue weighted by Crippen LogP contribution is -2.32. The Morgan fingerprint density at radius 3 is 2.81 bits per heavy atom. The Balaban J connectivity index is 1.54. The Labute approximate surface area is 171 Å². The highest BCUT2D eigenvalue weighted by Crippen LogP contribution is 2.29. The van der Waals surface area contributed by atoms with Gasteiger partial charge in [0.25, 0.3) is 0 Å². The monoisotopic (exact) mass is 451 g/mol. The van der Waals surface area contributed by atoms with Crippen LogP contribution in [0.25, 0.3) is 0 Å². The molecule has 1 N–H and O–H groups in total. The molecule has 0 saturated carbocycles. The number of likely N-dealkylation sites (tertiary alicyclic amines) is 1. The van der Waals surface area contributed by atoms with Gasteiger partial charge in [-0.2, -0.15) is 0 Å². The third-order valence-electron chi connectivity index (χ3n) is 4.39. The van der Waals surface area contributed by atoms with E-state index in [1.807, 2.05) is 30.3 Å². The normalized spacial score (nSPS) is 16.3. The maximum atomic E-state index is 12.6. The van der Waals surface area contributed by atoms with Gasteiger partial charge in [-0.25, -0.2) is 9.78 Å². The minimum absolute atomic E-state index is 0.152. The fourth-order valence-corrected chi connectivity index (χ4v) is 3.89. The predicted molar refractivity (Wildman–Crippen MR) is 107 cm³/mol. The fraction of sp³-hybridized carbons (Fsp3) is 0.316. The minimum atomic E-state index is -0.403. The first-order valence-corrected chi connectivity index (χ1v) is 9.70. The highest BCUT2D eigenvalue weighted by atomic mass is 79.9. The number of nitrogens with one attached hydrogen (secondary N) is 1. The van der Waals surface area contributed by atoms with Gasteiger partial charge in [0.1, 0.15) is 11.8 Å². The first-order chi connectivity index (χ1) is 12.9. The minimum Gasteiger partial charge on any atom is -0.445 e. The van der Waals surface area contributed by atoms with Crippen molar-refractivity contribution in [3.63, 3.8) is 0 Å². The molecule has 1 aromatic carbocycles. The lowest BCUT2D eigenvalue weighted by Gasteiger charge is -2.17. The lowest BCUT2D eigenvalue weighted by molar-refractivity contribution is -0.119. The van der Waals surface area contributed by atoms with E-state index < -0.39 is 6.09 Å². The molecule has 1 fully saturated rings. The van der Waals surface area contributed by atoms with E-state index in [2.05, 4.69) is 26.2 Å². The van der Waals surface area contributed by atoms with Crippen LogP contribution in [0.4, 0.5) is 10.5 Å². The lowest BCUT2D eigenvalue weighted by atomic mass is 10.1. The number of ether oxygens (including phenoxy) is 1. The highest BCUT2D eigenvalue weighted by molar-refractivity contribution is 9.10. The molecule has 142 valence electrons. The fourth-order valence-electron chi connectivity index (χ4n) is 2.92. The van der Waals surface area contributed by atoms with Crippen molar-refractivity contribution in [1.29, 1.82) is 0 Å². The molecule has 6 nitrogen and oxygen atoms in total. The van der Waals surface area contributed by atoms with Gasteiger partial charge < -0.3 is 15.0 Å². The van der Waals surface area contributed by atoms with Crippen molar-refractivity contribution in [2.45, 2.75) is 20.0 Å². The molecule has 0 aliphatic carbocycles. The Kier molecular flexibility index (Phi) is 6.34. The van der Waals surface area contributed by atoms with E-state index in [0.29, 0.717) is 40.5 Å². The summed E-state index contributed by atoms with van der Waals surface area (Å²) >= 11 is 9.29. The summed E-state index contributed by atoms with van der Waals surface area (Å²) in [6.07, 6.45) is 0.184. The number of benzene rings is 1. The number of anilines is 1. The van der Waals surface area contributed by atoms with Crippen LogP contribution in [0.5, 0.6) is 0 Å². The average molecular weight is 453 g/mol. The molecule has 2 amide bonds. The van der Waals surface area contributed by atoms with Crippen molar-refractivity contribution in [1.82, 2.24) is 9.88 Å². The summed E-state index contributed by atoms with van der Waals surface area (Å²) in [5.74, 6) is -0.447. The Hall–Kier alpha value is -2.12. The van der Waals surface area contributed by atoms with Gasteiger partial charge in [-0.05, 0) is 40.9 Å². The second-order valence-corrected chi connectivity index (χ2v) is 7.59. The van der Waals surface area contributed by atoms with Gasteiger partial charge in [-0.15, -0.1) is 0 Å². The van der Waals surface area contributed by atoms with E-state index >= 15 is 0 Å². The zero-order valence-corrected chi connectivity index (χ0v) is 17.1. The van der Waals surface area contributed by atoms with Crippen molar-refractivity contribution >= 4 is 45.2 Å². The first kappa shape index (κ1) is 19.6. The van der Waals surface area contributed by atoms with Crippen LogP contribution in [0.3, 0.4) is 0 Å². The molecule has 27 heavy (non-hydrogen) atoms. The van der Waals surface area contributed by atoms with Gasteiger partial charge in [0.15, 0.2) is 0 Å². The van der Waals surface area contributed by atoms with Crippen LogP contribution < -0.4 is 5.32 Å². The second-order valence-electron chi connectivity index (χ2n) is 6.35. The van der Waals surface area contributed by atoms with E-state index in [1.165, 1.54) is 0 Å². The Morgan fingerprint density at radius 1 is 1.37 bits per heavy atom. The molecule has 1 aliphatic heterocycles. The molecule has 0 spiro atoms. The number of rotatable bonds is 4. The van der Waals surface area contributed by atoms with Gasteiger partial charge in [0.05, 0.1) is 17.3 Å². The summed E-state index contributed by atoms with van der Waals surface area (Å²) < 4.78 is 6.00. The molecule has 8 heteroatoms. The maximum absolute atomic E-state index is 12.6. The molecular formula is C19H19BrClN3O3. The summed E-state index contributed by atoms with van der Waals surface area (Å²) in [6.45, 7) is 2.81. The quantitative estimate of drug-likeness (QED) is 0.698. The van der Waals surface area contributed by atoms with Crippen LogP contribution in [-0.2, 0) is 16.1 Å². The van der Waals surface area contributed by atoms with Crippen LogP contribution >= 0.6 is 27.5 Å². The number of amides is 2. The largest absolute Gasteiger partial charge is 0.445 e. The van der Waals surface area contributed by atoms with E-state index in [-0.39, 0.29) is 18.4 Å². The molecule has 0 bridgehead atoms. The van der Waals surface area contributed by atoms with Crippen molar-refractivity contribution in [3.05, 3.63) is 57.3 Å². The van der Waals surface area contributed by atoms with Crippen LogP contribution in [-0.4, -0.2) is 35.0 Å². The van der Waals surface area contributed by atoms with Gasteiger partial charge >= 0.3 is 6.09 Å². The van der Waals surface area contributed by atoms with E-state index in [1.54, 1.807) is 17.9 Å². The summed E-state index contributed by atoms with van der Waals surface area (Å²) in [5.41, 5.74) is 2.14. The Bertz CT molecular complexity index is 824. The van der Waals surface area contributed by atoms with Crippen LogP contribution in [0.2, 0.25) is 5.15 Å². The molecular weight excluding hydrogens is 434 g/mol. The molecule has 0 radical (unpaired) electrons. The summed E-state index contributed by atoms with van der Waals surface area (Å²) in [5, 5.41) is 3.23. The average Bonchev–Trinajstić information content (AvgIpc) is 3.14. The SMILES string of the molecule is Cc1nc(Cl)cc(Br)c1NC(=O)[C@H]1CCN(C(=O)OCc2ccccc2)C1. The summed E-state index contributed by atoms with van der Waals surface area (Å²) in [7, 11) is 0. The number of carbonyl (C=O) groups is 2. The van der Waals surface area contributed by atoms with Gasteiger partial charge in [-0.1, -0.05) is 41.9 Å². The maximum Gasteiger partial charge on any atom is 0.410 e. The molecule has 2 aromatic rings. The van der Waals surface area contributed by atoms with E-state index in [9.17, 15) is 9.59 Å². The summed E-state index contributed by atoms with van der Waals surface area (Å²) in [6, 6.07) is 11.1. The van der Waals surface area contributed by atoms with Crippen molar-refractivity contribution in [3.8, 4) is 0 Å². The van der Waals surface area contributed by atoms with Crippen molar-refractivity contribution in [2.75, 3.05) is 18.4 Å². The van der Waals surface area contributed by atoms with Crippen LogP contribution in [0.1, 0.15) is 17.7 Å². The topological polar surface area (TPSA) is 71.5 Å². The third kappa shape index (κ3) is 4.99. The molecule has 0 unspecified atom stereocenters. The number of aromatic nitrogens is 1. The zero-order valence-electron chi connectivity index (χ0n) is 14.7. The molecule has 1 atom stereocenters. The van der Waals surface area contributed by atoms with Crippen molar-refractivity contribution < 1.29 is 14.3 Å². The molecule has 3 rings (SSSR count). The number of halogens is 2. The zero-order chi connectivity index (χ0) is 19.4. The van der Waals surface area contributed by atoms with Crippen molar-refractivity contribution in [2.24, 2.45) is 5.92 Å². The highest BCUT2D eigenvalue weighted by Gasteiger charge is 2.32. The Morgan fingerprint density at radius 2 is 2.11 bits per heavy atom. The van der Waals surface area contributed by atoms with Gasteiger partial charge in [0, 0.05) is 17.6 Å². The smallest absolute Gasteiger partial charge is 0.410 e. The number of aryl methyl sites for hydroxylation is 1. The number of pyridine rings is 1. The molecule has 1 aromatic heterocycles. The summed E-state index contributed by atoms with van der Waals surface area (Å²) in [4.78, 5) is 30.5. The van der Waals surface area contributed by atoms with Crippen LogP contribution in [0.15, 0.2) is 40.9 Å².